The molecule has 8 heteroatoms. The van der Waals surface area contributed by atoms with E-state index in [0.29, 0.717) is 31.1 Å². The number of carbonyl (C=O) groups is 1. The maximum absolute atomic E-state index is 12.6. The fourth-order valence-electron chi connectivity index (χ4n) is 3.77. The van der Waals surface area contributed by atoms with Gasteiger partial charge in [-0.2, -0.15) is 5.16 Å². The second-order valence-corrected chi connectivity index (χ2v) is 7.04. The first-order valence-electron chi connectivity index (χ1n) is 9.00. The fraction of sp³-hybridized carbons (Fsp3) is 0.765. The number of amides is 1. The van der Waals surface area contributed by atoms with Gasteiger partial charge in [0.25, 0.3) is 5.56 Å². The summed E-state index contributed by atoms with van der Waals surface area (Å²) >= 11 is 0. The predicted molar refractivity (Wildman–Crippen MR) is 90.2 cm³/mol. The maximum atomic E-state index is 12.6. The monoisotopic (exact) mass is 353 g/mol. The van der Waals surface area contributed by atoms with Gasteiger partial charge in [0.1, 0.15) is 5.76 Å². The zero-order chi connectivity index (χ0) is 17.6. The molecule has 25 heavy (non-hydrogen) atoms. The van der Waals surface area contributed by atoms with Crippen LogP contribution in [0.2, 0.25) is 0 Å². The Bertz CT molecular complexity index is 607. The number of carbonyl (C=O) groups excluding carboxylic acids is 1. The molecule has 0 aromatic carbocycles. The largest absolute Gasteiger partial charge is 0.396 e. The Morgan fingerprint density at radius 1 is 1.28 bits per heavy atom. The van der Waals surface area contributed by atoms with E-state index in [4.69, 9.17) is 9.26 Å². The number of aliphatic hydroxyl groups excluding tert-OH is 1. The highest BCUT2D eigenvalue weighted by Crippen LogP contribution is 2.24. The number of morpholine rings is 1. The van der Waals surface area contributed by atoms with Crippen molar-refractivity contribution in [3.8, 4) is 0 Å². The minimum Gasteiger partial charge on any atom is -0.396 e. The molecule has 2 atom stereocenters. The molecule has 8 nitrogen and oxygen atoms in total. The normalized spacial score (nSPS) is 25.2. The highest BCUT2D eigenvalue weighted by Gasteiger charge is 2.30. The summed E-state index contributed by atoms with van der Waals surface area (Å²) in [5.41, 5.74) is -0.286. The predicted octanol–water partition coefficient (Wildman–Crippen LogP) is -0.310. The Morgan fingerprint density at radius 3 is 2.72 bits per heavy atom. The van der Waals surface area contributed by atoms with Crippen molar-refractivity contribution in [1.82, 2.24) is 15.0 Å². The van der Waals surface area contributed by atoms with Crippen molar-refractivity contribution in [2.24, 2.45) is 11.8 Å². The third kappa shape index (κ3) is 5.17. The molecule has 3 rings (SSSR count). The molecule has 2 aliphatic rings. The number of hydrogen-bond donors (Lipinski definition) is 2. The average molecular weight is 353 g/mol. The lowest BCUT2D eigenvalue weighted by atomic mass is 9.89. The van der Waals surface area contributed by atoms with Crippen LogP contribution in [0.3, 0.4) is 0 Å². The first-order valence-corrected chi connectivity index (χ1v) is 9.00. The number of aromatic nitrogens is 1. The molecule has 1 aromatic rings. The van der Waals surface area contributed by atoms with E-state index in [9.17, 15) is 14.7 Å². The molecular formula is C17H27N3O5. The third-order valence-electron chi connectivity index (χ3n) is 5.01. The van der Waals surface area contributed by atoms with Crippen LogP contribution in [0.15, 0.2) is 15.4 Å². The summed E-state index contributed by atoms with van der Waals surface area (Å²) in [4.78, 5) is 27.9. The van der Waals surface area contributed by atoms with E-state index < -0.39 is 0 Å². The molecule has 3 heterocycles. The number of aryl methyl sites for hydroxylation is 1. The van der Waals surface area contributed by atoms with Gasteiger partial charge in [-0.1, -0.05) is 0 Å². The number of nitrogens with one attached hydrogen (secondary N) is 1. The topological polar surface area (TPSA) is 99.0 Å². The van der Waals surface area contributed by atoms with Gasteiger partial charge in [-0.3, -0.25) is 14.5 Å². The van der Waals surface area contributed by atoms with Gasteiger partial charge in [-0.05, 0) is 18.3 Å². The number of piperidine rings is 1. The van der Waals surface area contributed by atoms with Gasteiger partial charge < -0.3 is 19.3 Å². The zero-order valence-electron chi connectivity index (χ0n) is 14.5. The van der Waals surface area contributed by atoms with Crippen molar-refractivity contribution >= 4 is 5.91 Å². The van der Waals surface area contributed by atoms with Crippen LogP contribution in [-0.2, 0) is 16.0 Å². The molecule has 0 saturated carbocycles. The van der Waals surface area contributed by atoms with Crippen molar-refractivity contribution < 1.29 is 19.2 Å². The standard InChI is InChI=1S/C17H27N3O5/c21-12-14-7-13(9-19-3-5-24-6-4-19)10-20(11-14)17(23)2-1-15-8-16(22)18-25-15/h8,13-14,21H,1-7,9-12H2,(H,18,22)/t13-,14-/m1/s1. The van der Waals surface area contributed by atoms with Crippen LogP contribution in [0.25, 0.3) is 0 Å². The number of aliphatic hydroxyl groups is 1. The van der Waals surface area contributed by atoms with Gasteiger partial charge >= 0.3 is 0 Å². The van der Waals surface area contributed by atoms with E-state index >= 15 is 0 Å². The van der Waals surface area contributed by atoms with E-state index in [1.54, 1.807) is 0 Å². The van der Waals surface area contributed by atoms with Gasteiger partial charge in [0, 0.05) is 58.2 Å². The highest BCUT2D eigenvalue weighted by atomic mass is 16.5. The Kier molecular flexibility index (Phi) is 6.28. The molecule has 0 unspecified atom stereocenters. The van der Waals surface area contributed by atoms with Gasteiger partial charge in [0.2, 0.25) is 5.91 Å². The van der Waals surface area contributed by atoms with E-state index in [1.165, 1.54) is 6.07 Å². The number of nitrogens with zero attached hydrogens (tertiary/aromatic N) is 2. The highest BCUT2D eigenvalue weighted by molar-refractivity contribution is 5.76. The lowest BCUT2D eigenvalue weighted by Crippen LogP contribution is -2.49. The molecule has 0 radical (unpaired) electrons. The van der Waals surface area contributed by atoms with Crippen LogP contribution in [0.5, 0.6) is 0 Å². The van der Waals surface area contributed by atoms with E-state index in [-0.39, 0.29) is 24.0 Å². The number of ether oxygens (including phenoxy) is 1. The van der Waals surface area contributed by atoms with Gasteiger partial charge in [0.15, 0.2) is 0 Å². The van der Waals surface area contributed by atoms with Crippen molar-refractivity contribution in [3.05, 3.63) is 22.2 Å². The van der Waals surface area contributed by atoms with Crippen LogP contribution < -0.4 is 5.56 Å². The molecular weight excluding hydrogens is 326 g/mol. The van der Waals surface area contributed by atoms with Crippen LogP contribution in [0.1, 0.15) is 18.6 Å². The van der Waals surface area contributed by atoms with Crippen molar-refractivity contribution in [2.75, 3.05) is 52.5 Å². The molecule has 140 valence electrons. The molecule has 1 aromatic heterocycles. The SMILES string of the molecule is O=C(CCc1cc(=O)[nH]o1)N1C[C@H](CO)C[C@H](CN2CCOCC2)C1. The minimum absolute atomic E-state index is 0.0500. The molecule has 2 saturated heterocycles. The van der Waals surface area contributed by atoms with Crippen LogP contribution in [-0.4, -0.2) is 78.5 Å². The van der Waals surface area contributed by atoms with E-state index in [1.807, 2.05) is 4.90 Å². The first-order chi connectivity index (χ1) is 12.1. The lowest BCUT2D eigenvalue weighted by molar-refractivity contribution is -0.134. The molecule has 2 aliphatic heterocycles. The Balaban J connectivity index is 1.53. The number of aromatic amines is 1. The quantitative estimate of drug-likeness (QED) is 0.728. The Hall–Kier alpha value is -1.64. The number of likely N-dealkylation sites (tertiary alicyclic amines) is 1. The summed E-state index contributed by atoms with van der Waals surface area (Å²) in [5.74, 6) is 1.06. The number of H-pyrrole nitrogens is 1. The van der Waals surface area contributed by atoms with Gasteiger partial charge in [0.05, 0.1) is 13.2 Å². The first kappa shape index (κ1) is 18.2. The minimum atomic E-state index is -0.286. The van der Waals surface area contributed by atoms with Crippen LogP contribution in [0, 0.1) is 11.8 Å². The number of hydrogen-bond acceptors (Lipinski definition) is 6. The van der Waals surface area contributed by atoms with Crippen LogP contribution in [0.4, 0.5) is 0 Å². The summed E-state index contributed by atoms with van der Waals surface area (Å²) in [7, 11) is 0. The average Bonchev–Trinajstić information content (AvgIpc) is 3.05. The summed E-state index contributed by atoms with van der Waals surface area (Å²) in [6, 6.07) is 1.38. The molecule has 0 spiro atoms. The van der Waals surface area contributed by atoms with Gasteiger partial charge in [-0.15, -0.1) is 0 Å². The Labute approximate surface area is 146 Å². The molecule has 0 bridgehead atoms. The van der Waals surface area contributed by atoms with E-state index in [2.05, 4.69) is 10.1 Å². The summed E-state index contributed by atoms with van der Waals surface area (Å²) in [5, 5.41) is 11.8. The number of rotatable bonds is 6. The summed E-state index contributed by atoms with van der Waals surface area (Å²) in [6.07, 6.45) is 1.67. The summed E-state index contributed by atoms with van der Waals surface area (Å²) in [6.45, 7) is 5.77. The molecule has 0 aliphatic carbocycles. The van der Waals surface area contributed by atoms with E-state index in [0.717, 1.165) is 45.8 Å². The maximum Gasteiger partial charge on any atom is 0.280 e. The Morgan fingerprint density at radius 2 is 2.04 bits per heavy atom. The second kappa shape index (κ2) is 8.64. The van der Waals surface area contributed by atoms with Crippen molar-refractivity contribution in [1.29, 1.82) is 0 Å². The smallest absolute Gasteiger partial charge is 0.280 e. The molecule has 2 fully saturated rings. The second-order valence-electron chi connectivity index (χ2n) is 7.04. The third-order valence-corrected chi connectivity index (χ3v) is 5.01. The molecule has 2 N–H and O–H groups in total. The van der Waals surface area contributed by atoms with Crippen molar-refractivity contribution in [3.63, 3.8) is 0 Å². The molecule has 1 amide bonds. The fourth-order valence-corrected chi connectivity index (χ4v) is 3.77. The van der Waals surface area contributed by atoms with Gasteiger partial charge in [-0.25, -0.2) is 0 Å². The lowest BCUT2D eigenvalue weighted by Gasteiger charge is -2.40. The van der Waals surface area contributed by atoms with Crippen molar-refractivity contribution in [2.45, 2.75) is 19.3 Å². The summed E-state index contributed by atoms with van der Waals surface area (Å²) < 4.78 is 10.4. The zero-order valence-corrected chi connectivity index (χ0v) is 14.5. The van der Waals surface area contributed by atoms with Crippen LogP contribution >= 0.6 is 0 Å².